The van der Waals surface area contributed by atoms with E-state index in [1.165, 1.54) is 231 Å². The third kappa shape index (κ3) is 53.6. The number of carbonyl (C=O) groups is 4. The first-order valence-corrected chi connectivity index (χ1v) is 51.7. The number of hydrogen-bond acceptors (Lipinski definition) is 24. The predicted octanol–water partition coefficient (Wildman–Crippen LogP) is 19.6. The Balaban J connectivity index is 1.90. The van der Waals surface area contributed by atoms with Gasteiger partial charge in [-0.3, -0.25) is 28.2 Å². The Labute approximate surface area is 738 Å². The van der Waals surface area contributed by atoms with E-state index in [1.54, 1.807) is 0 Å². The number of phosphoric acid groups is 1. The standard InChI is InChI=1S/C96H181O25P/c1-6-10-14-18-22-25-28-31-34-37-39-42-45-48-55-62-68-80(99)113-74-78-84(103)86(105)90(109)96(117-78)120-93-91(118-82(101)70-64-58-50-47-44-40-36-33-30-27-24-20-16-12-8-3)87(106)88(107)92(119-95-89(108)85(104)83(102)77(71-97)116-95)94(93)121-122(110,111)114-73-76(115-81(100)69-63-57-49-46-43-41-38-35-32-29-26-23-19-15-11-7-2)72-112-79(98)67-61-56-52-51-54-60-66-75(5)65-59-53-21-17-13-9-4/h75-78,83-97,102-109H,6-74H2,1-5H3,(H,110,111). The molecule has 1 aliphatic carbocycles. The zero-order valence-corrected chi connectivity index (χ0v) is 78.1. The van der Waals surface area contributed by atoms with Crippen molar-refractivity contribution in [2.45, 2.75) is 556 Å². The average Bonchev–Trinajstić information content (AvgIpc) is 0.753. The first-order valence-electron chi connectivity index (χ1n) is 50.2. The number of phosphoric ester groups is 1. The smallest absolute Gasteiger partial charge is 0.463 e. The van der Waals surface area contributed by atoms with Crippen molar-refractivity contribution in [1.82, 2.24) is 0 Å². The second kappa shape index (κ2) is 74.2. The van der Waals surface area contributed by atoms with Crippen LogP contribution in [0.2, 0.25) is 0 Å². The summed E-state index contributed by atoms with van der Waals surface area (Å²) in [6.45, 7) is 8.01. The van der Waals surface area contributed by atoms with Gasteiger partial charge in [-0.25, -0.2) is 4.57 Å². The third-order valence-corrected chi connectivity index (χ3v) is 26.0. The molecule has 19 unspecified atom stereocenters. The van der Waals surface area contributed by atoms with Crippen LogP contribution in [0.3, 0.4) is 0 Å². The molecule has 0 aromatic heterocycles. The van der Waals surface area contributed by atoms with Crippen molar-refractivity contribution in [3.05, 3.63) is 0 Å². The molecular formula is C96H181O25P. The van der Waals surface area contributed by atoms with Gasteiger partial charge in [0, 0.05) is 25.7 Å². The fourth-order valence-electron chi connectivity index (χ4n) is 17.0. The molecular weight excluding hydrogens is 1580 g/mol. The molecule has 10 N–H and O–H groups in total. The van der Waals surface area contributed by atoms with E-state index in [0.29, 0.717) is 38.0 Å². The van der Waals surface area contributed by atoms with Crippen molar-refractivity contribution in [1.29, 1.82) is 0 Å². The summed E-state index contributed by atoms with van der Waals surface area (Å²) in [7, 11) is -5.81. The van der Waals surface area contributed by atoms with E-state index in [2.05, 4.69) is 34.6 Å². The fraction of sp³-hybridized carbons (Fsp3) is 0.958. The maximum Gasteiger partial charge on any atom is 0.472 e. The quantitative estimate of drug-likeness (QED) is 0.0117. The van der Waals surface area contributed by atoms with Crippen LogP contribution in [0.15, 0.2) is 0 Å². The minimum Gasteiger partial charge on any atom is -0.463 e. The van der Waals surface area contributed by atoms with Crippen LogP contribution in [-0.2, 0) is 70.7 Å². The molecule has 0 radical (unpaired) electrons. The first kappa shape index (κ1) is 114. The number of rotatable bonds is 82. The van der Waals surface area contributed by atoms with Crippen LogP contribution in [0.4, 0.5) is 0 Å². The van der Waals surface area contributed by atoms with Gasteiger partial charge in [-0.15, -0.1) is 0 Å². The minimum absolute atomic E-state index is 0.0202. The van der Waals surface area contributed by atoms with Crippen LogP contribution in [-0.4, -0.2) is 205 Å². The SMILES string of the molecule is CCCCCCCCCCCCCCCCCCC(=O)OCC1OC(OC2C(OC(=O)CCCCCCCCCCCCCCCCC)C(O)C(O)C(OC3OC(CO)C(O)C(O)C3O)C2OP(=O)(O)OCC(COC(=O)CCCCCCCCC(C)CCCCCCCC)OC(=O)CCCCCCCCCCCCCCCCCC)C(O)C(O)C1O. The lowest BCUT2D eigenvalue weighted by atomic mass is 9.84. The predicted molar refractivity (Wildman–Crippen MR) is 477 cm³/mol. The van der Waals surface area contributed by atoms with E-state index >= 15 is 0 Å². The van der Waals surface area contributed by atoms with E-state index in [-0.39, 0.29) is 25.7 Å². The van der Waals surface area contributed by atoms with Gasteiger partial charge in [0.1, 0.15) is 92.6 Å². The van der Waals surface area contributed by atoms with Crippen molar-refractivity contribution >= 4 is 31.7 Å². The van der Waals surface area contributed by atoms with E-state index in [1.807, 2.05) is 0 Å². The summed E-state index contributed by atoms with van der Waals surface area (Å²) in [5.41, 5.74) is 0. The lowest BCUT2D eigenvalue weighted by Crippen LogP contribution is -2.70. The van der Waals surface area contributed by atoms with Crippen LogP contribution in [0.25, 0.3) is 0 Å². The van der Waals surface area contributed by atoms with Crippen molar-refractivity contribution < 1.29 is 122 Å². The first-order chi connectivity index (χ1) is 59.1. The maximum absolute atomic E-state index is 15.0. The highest BCUT2D eigenvalue weighted by Crippen LogP contribution is 2.49. The highest BCUT2D eigenvalue weighted by molar-refractivity contribution is 7.47. The number of aliphatic hydroxyl groups excluding tert-OH is 9. The van der Waals surface area contributed by atoms with Crippen LogP contribution >= 0.6 is 7.82 Å². The second-order valence-corrected chi connectivity index (χ2v) is 37.7. The van der Waals surface area contributed by atoms with Gasteiger partial charge in [0.15, 0.2) is 24.8 Å². The van der Waals surface area contributed by atoms with E-state index < -0.39 is 162 Å². The molecule has 0 bridgehead atoms. The van der Waals surface area contributed by atoms with E-state index in [0.717, 1.165) is 128 Å². The lowest BCUT2D eigenvalue weighted by molar-refractivity contribution is -0.360. The van der Waals surface area contributed by atoms with Crippen LogP contribution in [0.5, 0.6) is 0 Å². The van der Waals surface area contributed by atoms with Gasteiger partial charge in [0.25, 0.3) is 0 Å². The molecule has 19 atom stereocenters. The highest BCUT2D eigenvalue weighted by Gasteiger charge is 2.60. The van der Waals surface area contributed by atoms with Crippen LogP contribution in [0.1, 0.15) is 452 Å². The van der Waals surface area contributed by atoms with Gasteiger partial charge in [0.05, 0.1) is 13.2 Å². The molecule has 122 heavy (non-hydrogen) atoms. The fourth-order valence-corrected chi connectivity index (χ4v) is 17.9. The lowest BCUT2D eigenvalue weighted by Gasteiger charge is -2.50. The average molecular weight is 1770 g/mol. The van der Waals surface area contributed by atoms with Crippen LogP contribution < -0.4 is 0 Å². The zero-order chi connectivity index (χ0) is 89.1. The molecule has 0 aromatic rings. The summed E-state index contributed by atoms with van der Waals surface area (Å²) in [6, 6.07) is 0. The number of carbonyl (C=O) groups excluding carboxylic acids is 4. The largest absolute Gasteiger partial charge is 0.472 e. The van der Waals surface area contributed by atoms with Gasteiger partial charge in [-0.05, 0) is 31.6 Å². The Morgan fingerprint density at radius 2 is 0.615 bits per heavy atom. The summed E-state index contributed by atoms with van der Waals surface area (Å²) in [6.07, 6.45) is 32.0. The summed E-state index contributed by atoms with van der Waals surface area (Å²) >= 11 is 0. The number of unbranched alkanes of at least 4 members (excludes halogenated alkanes) is 54. The Hall–Kier alpha value is -2.53. The van der Waals surface area contributed by atoms with Gasteiger partial charge < -0.3 is 88.7 Å². The molecule has 26 heteroatoms. The van der Waals surface area contributed by atoms with Crippen LogP contribution in [0, 0.1) is 5.92 Å². The van der Waals surface area contributed by atoms with Crippen molar-refractivity contribution in [3.8, 4) is 0 Å². The van der Waals surface area contributed by atoms with Crippen molar-refractivity contribution in [2.75, 3.05) is 26.4 Å². The zero-order valence-electron chi connectivity index (χ0n) is 77.2. The van der Waals surface area contributed by atoms with E-state index in [4.69, 9.17) is 46.9 Å². The summed E-state index contributed by atoms with van der Waals surface area (Å²) in [4.78, 5) is 66.7. The molecule has 0 spiro atoms. The van der Waals surface area contributed by atoms with Gasteiger partial charge in [0.2, 0.25) is 0 Å². The summed E-state index contributed by atoms with van der Waals surface area (Å²) in [5, 5.41) is 103. The third-order valence-electron chi connectivity index (χ3n) is 25.0. The van der Waals surface area contributed by atoms with Gasteiger partial charge >= 0.3 is 31.7 Å². The molecule has 1 saturated carbocycles. The molecule has 3 fully saturated rings. The molecule has 2 heterocycles. The number of ether oxygens (including phenoxy) is 8. The van der Waals surface area contributed by atoms with E-state index in [9.17, 15) is 74.6 Å². The number of aliphatic hydroxyl groups is 9. The monoisotopic (exact) mass is 1770 g/mol. The Morgan fingerprint density at radius 1 is 0.320 bits per heavy atom. The Bertz CT molecular complexity index is 2540. The molecule has 25 nitrogen and oxygen atoms in total. The maximum atomic E-state index is 15.0. The molecule has 3 rings (SSSR count). The normalized spacial score (nSPS) is 24.7. The van der Waals surface area contributed by atoms with Gasteiger partial charge in [-0.2, -0.15) is 0 Å². The molecule has 0 aromatic carbocycles. The summed E-state index contributed by atoms with van der Waals surface area (Å²) in [5.74, 6) is -2.25. The van der Waals surface area contributed by atoms with Crippen molar-refractivity contribution in [3.63, 3.8) is 0 Å². The molecule has 720 valence electrons. The second-order valence-electron chi connectivity index (χ2n) is 36.3. The van der Waals surface area contributed by atoms with Gasteiger partial charge in [-0.1, -0.05) is 401 Å². The molecule has 3 aliphatic rings. The molecule has 2 aliphatic heterocycles. The van der Waals surface area contributed by atoms with Crippen molar-refractivity contribution in [2.24, 2.45) is 5.92 Å². The topological polar surface area (TPSA) is 380 Å². The Morgan fingerprint density at radius 3 is 0.975 bits per heavy atom. The molecule has 0 amide bonds. The number of esters is 4. The highest BCUT2D eigenvalue weighted by atomic mass is 31.2. The summed E-state index contributed by atoms with van der Waals surface area (Å²) < 4.78 is 73.7. The molecule has 2 saturated heterocycles. The number of hydrogen-bond donors (Lipinski definition) is 10. The Kier molecular flexibility index (Phi) is 69.1. The minimum atomic E-state index is -5.81.